The van der Waals surface area contributed by atoms with E-state index in [-0.39, 0.29) is 5.25 Å². The van der Waals surface area contributed by atoms with Gasteiger partial charge < -0.3 is 4.55 Å². The van der Waals surface area contributed by atoms with Gasteiger partial charge in [-0.25, -0.2) is 4.21 Å². The molecular weight excluding hydrogens is 124 g/mol. The maximum absolute atomic E-state index is 10.2. The third-order valence-electron chi connectivity index (χ3n) is 0.924. The van der Waals surface area contributed by atoms with E-state index in [9.17, 15) is 4.21 Å². The molecule has 1 N–H and O–H groups in total. The van der Waals surface area contributed by atoms with Crippen LogP contribution in [-0.2, 0) is 11.1 Å². The summed E-state index contributed by atoms with van der Waals surface area (Å²) in [6.07, 6.45) is 2.17. The van der Waals surface area contributed by atoms with Crippen molar-refractivity contribution in [3.05, 3.63) is 12.7 Å². The van der Waals surface area contributed by atoms with Crippen molar-refractivity contribution in [1.82, 2.24) is 0 Å². The molecule has 3 heteroatoms. The summed E-state index contributed by atoms with van der Waals surface area (Å²) in [7, 11) is 0. The highest BCUT2D eigenvalue weighted by Gasteiger charge is 2.05. The van der Waals surface area contributed by atoms with Gasteiger partial charge in [0.05, 0.1) is 5.25 Å². The molecule has 0 aromatic carbocycles. The van der Waals surface area contributed by atoms with Crippen LogP contribution in [0.3, 0.4) is 0 Å². The van der Waals surface area contributed by atoms with Crippen LogP contribution in [-0.4, -0.2) is 14.0 Å². The Hall–Kier alpha value is -0.150. The van der Waals surface area contributed by atoms with Crippen molar-refractivity contribution in [3.8, 4) is 0 Å². The SMILES string of the molecule is C=CC(CC)S(=O)O. The van der Waals surface area contributed by atoms with Gasteiger partial charge in [-0.1, -0.05) is 13.0 Å². The Morgan fingerprint density at radius 1 is 2.00 bits per heavy atom. The van der Waals surface area contributed by atoms with Crippen molar-refractivity contribution >= 4 is 11.1 Å². The number of hydrogen-bond acceptors (Lipinski definition) is 1. The summed E-state index contributed by atoms with van der Waals surface area (Å²) in [5, 5.41) is -0.255. The standard InChI is InChI=1S/C5H10O2S/c1-3-5(4-2)8(6)7/h3,5H,1,4H2,2H3,(H,6,7). The molecule has 48 valence electrons. The molecule has 2 unspecified atom stereocenters. The van der Waals surface area contributed by atoms with Crippen molar-refractivity contribution in [2.24, 2.45) is 0 Å². The summed E-state index contributed by atoms with van der Waals surface area (Å²) in [4.78, 5) is 0. The van der Waals surface area contributed by atoms with Crippen LogP contribution in [0.5, 0.6) is 0 Å². The van der Waals surface area contributed by atoms with E-state index in [0.29, 0.717) is 6.42 Å². The Labute approximate surface area is 51.9 Å². The molecule has 0 fully saturated rings. The lowest BCUT2D eigenvalue weighted by molar-refractivity contribution is 0.554. The van der Waals surface area contributed by atoms with Crippen molar-refractivity contribution in [2.45, 2.75) is 18.6 Å². The molecule has 8 heavy (non-hydrogen) atoms. The van der Waals surface area contributed by atoms with Gasteiger partial charge in [-0.2, -0.15) is 0 Å². The first kappa shape index (κ1) is 7.85. The van der Waals surface area contributed by atoms with E-state index in [0.717, 1.165) is 0 Å². The first-order valence-corrected chi connectivity index (χ1v) is 3.61. The molecule has 0 saturated heterocycles. The molecule has 0 aromatic heterocycles. The lowest BCUT2D eigenvalue weighted by atomic mass is 10.3. The van der Waals surface area contributed by atoms with Crippen LogP contribution in [0.15, 0.2) is 12.7 Å². The summed E-state index contributed by atoms with van der Waals surface area (Å²) >= 11 is -1.72. The van der Waals surface area contributed by atoms with Crippen molar-refractivity contribution in [2.75, 3.05) is 0 Å². The van der Waals surface area contributed by atoms with Crippen LogP contribution in [0.25, 0.3) is 0 Å². The molecular formula is C5H10O2S. The van der Waals surface area contributed by atoms with Crippen molar-refractivity contribution in [1.29, 1.82) is 0 Å². The molecule has 0 aliphatic rings. The van der Waals surface area contributed by atoms with Crippen LogP contribution in [0.2, 0.25) is 0 Å². The average molecular weight is 134 g/mol. The van der Waals surface area contributed by atoms with E-state index in [2.05, 4.69) is 6.58 Å². The highest BCUT2D eigenvalue weighted by molar-refractivity contribution is 7.80. The number of rotatable bonds is 3. The van der Waals surface area contributed by atoms with Gasteiger partial charge in [0.1, 0.15) is 0 Å². The molecule has 0 amide bonds. The molecule has 2 atom stereocenters. The lowest BCUT2D eigenvalue weighted by Gasteiger charge is -2.00. The zero-order chi connectivity index (χ0) is 6.57. The Balaban J connectivity index is 3.69. The predicted molar refractivity (Wildman–Crippen MR) is 35.0 cm³/mol. The topological polar surface area (TPSA) is 37.3 Å². The average Bonchev–Trinajstić information content (AvgIpc) is 1.69. The molecule has 0 radical (unpaired) electrons. The van der Waals surface area contributed by atoms with Crippen LogP contribution in [0.4, 0.5) is 0 Å². The second-order valence-corrected chi connectivity index (χ2v) is 2.62. The first-order chi connectivity index (χ1) is 3.72. The normalized spacial score (nSPS) is 17.2. The lowest BCUT2D eigenvalue weighted by Crippen LogP contribution is -2.08. The van der Waals surface area contributed by atoms with Crippen LogP contribution >= 0.6 is 0 Å². The molecule has 0 heterocycles. The monoisotopic (exact) mass is 134 g/mol. The number of hydrogen-bond donors (Lipinski definition) is 1. The summed E-state index contributed by atoms with van der Waals surface area (Å²) in [5.74, 6) is 0. The van der Waals surface area contributed by atoms with Gasteiger partial charge in [0.25, 0.3) is 0 Å². The van der Waals surface area contributed by atoms with Crippen molar-refractivity contribution < 1.29 is 8.76 Å². The maximum atomic E-state index is 10.2. The summed E-state index contributed by atoms with van der Waals surface area (Å²) in [6.45, 7) is 5.25. The largest absolute Gasteiger partial charge is 0.306 e. The quantitative estimate of drug-likeness (QED) is 0.464. The van der Waals surface area contributed by atoms with Gasteiger partial charge in [0, 0.05) is 0 Å². The van der Waals surface area contributed by atoms with E-state index < -0.39 is 11.1 Å². The van der Waals surface area contributed by atoms with E-state index in [4.69, 9.17) is 4.55 Å². The zero-order valence-electron chi connectivity index (χ0n) is 4.83. The smallest absolute Gasteiger partial charge is 0.159 e. The summed E-state index contributed by atoms with van der Waals surface area (Å²) in [5.41, 5.74) is 0. The molecule has 0 bridgehead atoms. The highest BCUT2D eigenvalue weighted by Crippen LogP contribution is 1.98. The maximum Gasteiger partial charge on any atom is 0.159 e. The minimum Gasteiger partial charge on any atom is -0.306 e. The van der Waals surface area contributed by atoms with Gasteiger partial charge in [-0.15, -0.1) is 6.58 Å². The predicted octanol–water partition coefficient (Wildman–Crippen LogP) is 1.17. The molecule has 0 spiro atoms. The van der Waals surface area contributed by atoms with Crippen LogP contribution < -0.4 is 0 Å². The molecule has 0 aromatic rings. The van der Waals surface area contributed by atoms with Crippen LogP contribution in [0.1, 0.15) is 13.3 Å². The third-order valence-corrected chi connectivity index (χ3v) is 1.97. The van der Waals surface area contributed by atoms with Gasteiger partial charge in [-0.05, 0) is 6.42 Å². The fourth-order valence-electron chi connectivity index (χ4n) is 0.392. The minimum atomic E-state index is -1.72. The molecule has 0 rings (SSSR count). The van der Waals surface area contributed by atoms with E-state index in [1.807, 2.05) is 6.92 Å². The zero-order valence-corrected chi connectivity index (χ0v) is 5.65. The third kappa shape index (κ3) is 2.23. The Morgan fingerprint density at radius 3 is 2.50 bits per heavy atom. The molecule has 2 nitrogen and oxygen atoms in total. The van der Waals surface area contributed by atoms with Crippen molar-refractivity contribution in [3.63, 3.8) is 0 Å². The highest BCUT2D eigenvalue weighted by atomic mass is 32.2. The molecule has 0 aliphatic heterocycles. The minimum absolute atomic E-state index is 0.255. The van der Waals surface area contributed by atoms with Gasteiger partial charge in [0.15, 0.2) is 11.1 Å². The summed E-state index contributed by atoms with van der Waals surface area (Å²) in [6, 6.07) is 0. The fourth-order valence-corrected chi connectivity index (χ4v) is 0.841. The Kier molecular flexibility index (Phi) is 3.73. The van der Waals surface area contributed by atoms with E-state index >= 15 is 0 Å². The fraction of sp³-hybridized carbons (Fsp3) is 0.600. The Morgan fingerprint density at radius 2 is 2.50 bits per heavy atom. The van der Waals surface area contributed by atoms with E-state index in [1.165, 1.54) is 6.08 Å². The molecule has 0 saturated carbocycles. The van der Waals surface area contributed by atoms with Gasteiger partial charge in [-0.3, -0.25) is 0 Å². The van der Waals surface area contributed by atoms with E-state index in [1.54, 1.807) is 0 Å². The van der Waals surface area contributed by atoms with Crippen LogP contribution in [0, 0.1) is 0 Å². The summed E-state index contributed by atoms with van der Waals surface area (Å²) < 4.78 is 18.6. The Bertz CT molecular complexity index is 101. The second kappa shape index (κ2) is 3.80. The first-order valence-electron chi connectivity index (χ1n) is 2.44. The van der Waals surface area contributed by atoms with Gasteiger partial charge >= 0.3 is 0 Å². The molecule has 0 aliphatic carbocycles. The van der Waals surface area contributed by atoms with Gasteiger partial charge in [0.2, 0.25) is 0 Å². The second-order valence-electron chi connectivity index (χ2n) is 1.46.